The molecule has 1 aromatic carbocycles. The number of hydrogen-bond donors (Lipinski definition) is 2. The van der Waals surface area contributed by atoms with Crippen LogP contribution in [0.3, 0.4) is 0 Å². The molecule has 2 heterocycles. The summed E-state index contributed by atoms with van der Waals surface area (Å²) in [5.41, 5.74) is 1.25. The molecular weight excluding hydrogens is 304 g/mol. The zero-order valence-corrected chi connectivity index (χ0v) is 13.5. The number of H-pyrrole nitrogens is 1. The Morgan fingerprint density at radius 1 is 1.21 bits per heavy atom. The number of pyridine rings is 2. The van der Waals surface area contributed by atoms with Crippen molar-refractivity contribution in [1.29, 1.82) is 0 Å². The molecule has 0 aliphatic carbocycles. The van der Waals surface area contributed by atoms with E-state index in [2.05, 4.69) is 15.3 Å². The summed E-state index contributed by atoms with van der Waals surface area (Å²) in [4.78, 5) is 33.3. The summed E-state index contributed by atoms with van der Waals surface area (Å²) in [5.74, 6) is 0.173. The highest BCUT2D eigenvalue weighted by Gasteiger charge is 2.13. The van der Waals surface area contributed by atoms with Gasteiger partial charge in [0.15, 0.2) is 0 Å². The van der Waals surface area contributed by atoms with Gasteiger partial charge in [-0.1, -0.05) is 18.2 Å². The van der Waals surface area contributed by atoms with Crippen molar-refractivity contribution >= 4 is 22.5 Å². The summed E-state index contributed by atoms with van der Waals surface area (Å²) in [7, 11) is 3.95. The first kappa shape index (κ1) is 15.9. The van der Waals surface area contributed by atoms with Gasteiger partial charge in [0.25, 0.3) is 11.5 Å². The first-order valence-electron chi connectivity index (χ1n) is 7.56. The fourth-order valence-corrected chi connectivity index (χ4v) is 2.59. The van der Waals surface area contributed by atoms with E-state index in [-0.39, 0.29) is 11.5 Å². The molecule has 0 bridgehead atoms. The van der Waals surface area contributed by atoms with Gasteiger partial charge in [-0.2, -0.15) is 0 Å². The van der Waals surface area contributed by atoms with E-state index in [1.165, 1.54) is 6.20 Å². The smallest absolute Gasteiger partial charge is 0.258 e. The Kier molecular flexibility index (Phi) is 4.39. The first-order chi connectivity index (χ1) is 11.5. The number of amides is 1. The molecule has 122 valence electrons. The molecule has 24 heavy (non-hydrogen) atoms. The van der Waals surface area contributed by atoms with Crippen molar-refractivity contribution in [3.05, 3.63) is 70.3 Å². The molecule has 0 atom stereocenters. The molecule has 0 saturated heterocycles. The molecule has 0 aliphatic rings. The van der Waals surface area contributed by atoms with Crippen molar-refractivity contribution in [2.75, 3.05) is 19.4 Å². The van der Waals surface area contributed by atoms with E-state index in [0.717, 1.165) is 12.1 Å². The van der Waals surface area contributed by atoms with Crippen LogP contribution in [0.15, 0.2) is 53.6 Å². The Morgan fingerprint density at radius 3 is 2.71 bits per heavy atom. The lowest BCUT2D eigenvalue weighted by Gasteiger charge is -2.11. The number of aromatic nitrogens is 2. The molecule has 2 N–H and O–H groups in total. The number of carbonyl (C=O) groups excluding carboxylic acids is 1. The van der Waals surface area contributed by atoms with Crippen LogP contribution in [0.5, 0.6) is 0 Å². The van der Waals surface area contributed by atoms with Crippen LogP contribution in [-0.2, 0) is 6.54 Å². The van der Waals surface area contributed by atoms with E-state index >= 15 is 0 Å². The van der Waals surface area contributed by atoms with E-state index in [9.17, 15) is 9.59 Å². The van der Waals surface area contributed by atoms with Crippen molar-refractivity contribution in [3.63, 3.8) is 0 Å². The third kappa shape index (κ3) is 3.33. The van der Waals surface area contributed by atoms with Gasteiger partial charge in [-0.25, -0.2) is 4.98 Å². The molecular formula is C18H18N4O2. The first-order valence-corrected chi connectivity index (χ1v) is 7.56. The molecule has 0 unspecified atom stereocenters. The lowest BCUT2D eigenvalue weighted by atomic mass is 10.1. The van der Waals surface area contributed by atoms with Crippen LogP contribution < -0.4 is 10.9 Å². The maximum absolute atomic E-state index is 12.6. The summed E-state index contributed by atoms with van der Waals surface area (Å²) < 4.78 is 0. The molecule has 1 amide bonds. The van der Waals surface area contributed by atoms with E-state index in [4.69, 9.17) is 0 Å². The second-order valence-electron chi connectivity index (χ2n) is 5.82. The van der Waals surface area contributed by atoms with Crippen molar-refractivity contribution in [2.45, 2.75) is 6.54 Å². The van der Waals surface area contributed by atoms with Gasteiger partial charge < -0.3 is 15.2 Å². The van der Waals surface area contributed by atoms with Crippen LogP contribution in [0.25, 0.3) is 10.8 Å². The van der Waals surface area contributed by atoms with Gasteiger partial charge in [-0.3, -0.25) is 9.59 Å². The average Bonchev–Trinajstić information content (AvgIpc) is 2.55. The predicted octanol–water partition coefficient (Wildman–Crippen LogP) is 2.24. The Bertz CT molecular complexity index is 947. The van der Waals surface area contributed by atoms with Crippen molar-refractivity contribution < 1.29 is 4.79 Å². The second kappa shape index (κ2) is 6.64. The van der Waals surface area contributed by atoms with Gasteiger partial charge in [0, 0.05) is 29.7 Å². The molecule has 3 rings (SSSR count). The van der Waals surface area contributed by atoms with E-state index in [0.29, 0.717) is 22.2 Å². The number of rotatable bonds is 4. The van der Waals surface area contributed by atoms with Crippen LogP contribution in [0.2, 0.25) is 0 Å². The molecule has 6 nitrogen and oxygen atoms in total. The molecule has 0 spiro atoms. The SMILES string of the molecule is CN(C)Cc1ccnc(NC(=O)c2c[nH]c(=O)c3ccccc23)c1. The second-order valence-corrected chi connectivity index (χ2v) is 5.82. The molecule has 0 fully saturated rings. The Balaban J connectivity index is 1.91. The number of nitrogens with one attached hydrogen (secondary N) is 2. The minimum absolute atomic E-state index is 0.215. The molecule has 0 aliphatic heterocycles. The average molecular weight is 322 g/mol. The molecule has 2 aromatic heterocycles. The largest absolute Gasteiger partial charge is 0.328 e. The summed E-state index contributed by atoms with van der Waals surface area (Å²) in [6, 6.07) is 10.8. The third-order valence-corrected chi connectivity index (χ3v) is 3.62. The lowest BCUT2D eigenvalue weighted by molar-refractivity contribution is 0.102. The Morgan fingerprint density at radius 2 is 1.96 bits per heavy atom. The molecule has 0 saturated carbocycles. The highest BCUT2D eigenvalue weighted by atomic mass is 16.2. The number of aromatic amines is 1. The number of benzene rings is 1. The zero-order chi connectivity index (χ0) is 17.1. The van der Waals surface area contributed by atoms with Gasteiger partial charge >= 0.3 is 0 Å². The maximum Gasteiger partial charge on any atom is 0.258 e. The fourth-order valence-electron chi connectivity index (χ4n) is 2.59. The van der Waals surface area contributed by atoms with Crippen LogP contribution in [0.1, 0.15) is 15.9 Å². The van der Waals surface area contributed by atoms with Crippen LogP contribution in [-0.4, -0.2) is 34.9 Å². The minimum Gasteiger partial charge on any atom is -0.328 e. The number of fused-ring (bicyclic) bond motifs is 1. The van der Waals surface area contributed by atoms with Gasteiger partial charge in [0.2, 0.25) is 0 Å². The standard InChI is InChI=1S/C18H18N4O2/c1-22(2)11-12-7-8-19-16(9-12)21-18(24)15-10-20-17(23)14-6-4-3-5-13(14)15/h3-10H,11H2,1-2H3,(H,20,23)(H,19,21,24). The van der Waals surface area contributed by atoms with Gasteiger partial charge in [-0.05, 0) is 37.9 Å². The number of nitrogens with zero attached hydrogens (tertiary/aromatic N) is 2. The normalized spacial score (nSPS) is 11.0. The summed E-state index contributed by atoms with van der Waals surface area (Å²) in [5, 5.41) is 3.89. The van der Waals surface area contributed by atoms with Gasteiger partial charge in [0.05, 0.1) is 5.56 Å². The maximum atomic E-state index is 12.6. The summed E-state index contributed by atoms with van der Waals surface area (Å²) in [6.45, 7) is 0.757. The Hall–Kier alpha value is -2.99. The van der Waals surface area contributed by atoms with E-state index < -0.39 is 0 Å². The molecule has 3 aromatic rings. The van der Waals surface area contributed by atoms with Crippen LogP contribution in [0, 0.1) is 0 Å². The van der Waals surface area contributed by atoms with Crippen LogP contribution in [0.4, 0.5) is 5.82 Å². The lowest BCUT2D eigenvalue weighted by Crippen LogP contribution is -2.17. The summed E-state index contributed by atoms with van der Waals surface area (Å²) >= 11 is 0. The van der Waals surface area contributed by atoms with Crippen molar-refractivity contribution in [2.24, 2.45) is 0 Å². The van der Waals surface area contributed by atoms with E-state index in [1.807, 2.05) is 31.1 Å². The monoisotopic (exact) mass is 322 g/mol. The van der Waals surface area contributed by atoms with Crippen molar-refractivity contribution in [3.8, 4) is 0 Å². The summed E-state index contributed by atoms with van der Waals surface area (Å²) in [6.07, 6.45) is 3.10. The van der Waals surface area contributed by atoms with Gasteiger partial charge in [0.1, 0.15) is 5.82 Å². The molecule has 0 radical (unpaired) electrons. The number of carbonyl (C=O) groups is 1. The fraction of sp³-hybridized carbons (Fsp3) is 0.167. The van der Waals surface area contributed by atoms with Crippen molar-refractivity contribution in [1.82, 2.24) is 14.9 Å². The highest BCUT2D eigenvalue weighted by molar-refractivity contribution is 6.12. The molecule has 6 heteroatoms. The van der Waals surface area contributed by atoms with Gasteiger partial charge in [-0.15, -0.1) is 0 Å². The zero-order valence-electron chi connectivity index (χ0n) is 13.5. The topological polar surface area (TPSA) is 78.1 Å². The van der Waals surface area contributed by atoms with E-state index in [1.54, 1.807) is 30.5 Å². The quantitative estimate of drug-likeness (QED) is 0.772. The third-order valence-electron chi connectivity index (χ3n) is 3.62. The number of hydrogen-bond acceptors (Lipinski definition) is 4. The predicted molar refractivity (Wildman–Crippen MR) is 94.1 cm³/mol. The minimum atomic E-state index is -0.308. The highest BCUT2D eigenvalue weighted by Crippen LogP contribution is 2.16. The Labute approximate surface area is 139 Å². The number of anilines is 1. The van der Waals surface area contributed by atoms with Crippen LogP contribution >= 0.6 is 0 Å².